The maximum absolute atomic E-state index is 14.9. The molecule has 0 radical (unpaired) electrons. The first kappa shape index (κ1) is 29.7. The van der Waals surface area contributed by atoms with Gasteiger partial charge in [-0.3, -0.25) is 14.4 Å². The molecule has 2 saturated heterocycles. The Morgan fingerprint density at radius 2 is 1.60 bits per heavy atom. The smallest absolute Gasteiger partial charge is 0.251 e. The van der Waals surface area contributed by atoms with Crippen molar-refractivity contribution >= 4 is 40.9 Å². The molecule has 1 spiro atoms. The Hall–Kier alpha value is -3.36. The molecule has 7 nitrogen and oxygen atoms in total. The van der Waals surface area contributed by atoms with Gasteiger partial charge in [-0.25, -0.2) is 0 Å². The fraction of sp³-hybridized carbons (Fsp3) is 0.457. The number of likely N-dealkylation sites (tertiary alicyclic amines) is 1. The number of hydrogen-bond acceptors (Lipinski definition) is 5. The zero-order valence-electron chi connectivity index (χ0n) is 25.6. The first-order valence-corrected chi connectivity index (χ1v) is 16.1. The highest BCUT2D eigenvalue weighted by atomic mass is 32.2. The number of para-hydroxylation sites is 1. The van der Waals surface area contributed by atoms with Crippen molar-refractivity contribution in [2.75, 3.05) is 29.5 Å². The molecule has 0 bridgehead atoms. The zero-order valence-corrected chi connectivity index (χ0v) is 26.4. The van der Waals surface area contributed by atoms with E-state index in [1.54, 1.807) is 26.5 Å². The van der Waals surface area contributed by atoms with Crippen LogP contribution in [0.5, 0.6) is 0 Å². The van der Waals surface area contributed by atoms with E-state index >= 15 is 0 Å². The Labute approximate surface area is 258 Å². The maximum Gasteiger partial charge on any atom is 0.251 e. The lowest BCUT2D eigenvalue weighted by molar-refractivity contribution is -0.142. The van der Waals surface area contributed by atoms with E-state index in [9.17, 15) is 19.5 Å². The second kappa shape index (κ2) is 11.0. The Morgan fingerprint density at radius 1 is 0.907 bits per heavy atom. The van der Waals surface area contributed by atoms with Crippen molar-refractivity contribution in [1.82, 2.24) is 4.90 Å². The lowest BCUT2D eigenvalue weighted by atomic mass is 9.74. The minimum Gasteiger partial charge on any atom is -0.394 e. The largest absolute Gasteiger partial charge is 0.394 e. The normalized spacial score (nSPS) is 30.8. The first-order valence-electron chi connectivity index (χ1n) is 15.3. The third-order valence-corrected chi connectivity index (χ3v) is 11.4. The number of anilines is 2. The van der Waals surface area contributed by atoms with E-state index in [1.807, 2.05) is 87.5 Å². The number of aryl methyl sites for hydroxylation is 2. The van der Waals surface area contributed by atoms with Gasteiger partial charge < -0.3 is 19.8 Å². The molecule has 6 atom stereocenters. The van der Waals surface area contributed by atoms with E-state index in [2.05, 4.69) is 19.9 Å². The molecule has 1 N–H and O–H groups in total. The monoisotopic (exact) mass is 599 g/mol. The van der Waals surface area contributed by atoms with Gasteiger partial charge in [0.1, 0.15) is 6.04 Å². The number of fused-ring (bicyclic) bond motifs is 2. The SMILES string of the molecule is Cc1ccc(C)c(N2CC=C[C@]34S[C@@]5(C)C=CCN(c6ccccc6)C(=O)[C@H]5[C@H]3C(=O)N([C@@H](CO)CC(C)C)C4C2=O)c1. The lowest BCUT2D eigenvalue weighted by Gasteiger charge is -2.40. The molecule has 0 aliphatic carbocycles. The number of benzene rings is 2. The van der Waals surface area contributed by atoms with Crippen LogP contribution >= 0.6 is 11.8 Å². The van der Waals surface area contributed by atoms with Crippen LogP contribution in [0.15, 0.2) is 72.8 Å². The van der Waals surface area contributed by atoms with Crippen molar-refractivity contribution in [2.24, 2.45) is 17.8 Å². The summed E-state index contributed by atoms with van der Waals surface area (Å²) in [6.07, 6.45) is 8.70. The third kappa shape index (κ3) is 4.65. The van der Waals surface area contributed by atoms with Crippen molar-refractivity contribution in [3.8, 4) is 0 Å². The number of aliphatic hydroxyl groups is 1. The summed E-state index contributed by atoms with van der Waals surface area (Å²) in [4.78, 5) is 49.6. The average molecular weight is 600 g/mol. The van der Waals surface area contributed by atoms with Gasteiger partial charge in [-0.15, -0.1) is 11.8 Å². The molecule has 4 aliphatic heterocycles. The van der Waals surface area contributed by atoms with Crippen molar-refractivity contribution in [3.63, 3.8) is 0 Å². The minimum absolute atomic E-state index is 0.108. The molecule has 226 valence electrons. The summed E-state index contributed by atoms with van der Waals surface area (Å²) in [6, 6.07) is 14.2. The molecular formula is C35H41N3O4S. The van der Waals surface area contributed by atoms with Gasteiger partial charge >= 0.3 is 0 Å². The molecule has 0 aromatic heterocycles. The highest BCUT2D eigenvalue weighted by Gasteiger charge is 2.74. The number of carbonyl (C=O) groups excluding carboxylic acids is 3. The van der Waals surface area contributed by atoms with Gasteiger partial charge in [0, 0.05) is 29.2 Å². The molecular weight excluding hydrogens is 558 g/mol. The topological polar surface area (TPSA) is 81.2 Å². The minimum atomic E-state index is -0.968. The van der Waals surface area contributed by atoms with Crippen LogP contribution in [-0.2, 0) is 14.4 Å². The Balaban J connectivity index is 1.52. The van der Waals surface area contributed by atoms with Crippen LogP contribution in [0.1, 0.15) is 38.3 Å². The van der Waals surface area contributed by atoms with Gasteiger partial charge in [-0.1, -0.05) is 68.5 Å². The third-order valence-electron chi connectivity index (χ3n) is 9.57. The molecule has 2 aromatic rings. The van der Waals surface area contributed by atoms with E-state index in [4.69, 9.17) is 0 Å². The number of hydrogen-bond donors (Lipinski definition) is 1. The summed E-state index contributed by atoms with van der Waals surface area (Å²) >= 11 is 1.58. The van der Waals surface area contributed by atoms with Gasteiger partial charge in [-0.2, -0.15) is 0 Å². The summed E-state index contributed by atoms with van der Waals surface area (Å²) in [6.45, 7) is 10.7. The van der Waals surface area contributed by atoms with Crippen molar-refractivity contribution in [3.05, 3.63) is 84.0 Å². The number of rotatable bonds is 6. The van der Waals surface area contributed by atoms with Crippen LogP contribution in [0.3, 0.4) is 0 Å². The average Bonchev–Trinajstić information content (AvgIpc) is 3.25. The van der Waals surface area contributed by atoms with Crippen LogP contribution in [-0.4, -0.2) is 69.0 Å². The fourth-order valence-electron chi connectivity index (χ4n) is 7.74. The van der Waals surface area contributed by atoms with Crippen LogP contribution in [0, 0.1) is 31.6 Å². The van der Waals surface area contributed by atoms with Gasteiger partial charge in [-0.05, 0) is 62.4 Å². The van der Waals surface area contributed by atoms with E-state index in [-0.39, 0.29) is 30.2 Å². The summed E-state index contributed by atoms with van der Waals surface area (Å²) in [5.74, 6) is -1.73. The molecule has 4 heterocycles. The molecule has 1 unspecified atom stereocenters. The van der Waals surface area contributed by atoms with Gasteiger partial charge in [0.25, 0.3) is 5.91 Å². The van der Waals surface area contributed by atoms with Crippen molar-refractivity contribution in [2.45, 2.75) is 62.6 Å². The maximum atomic E-state index is 14.9. The van der Waals surface area contributed by atoms with Crippen LogP contribution in [0.4, 0.5) is 11.4 Å². The molecule has 43 heavy (non-hydrogen) atoms. The molecule has 8 heteroatoms. The molecule has 2 fully saturated rings. The summed E-state index contributed by atoms with van der Waals surface area (Å²) < 4.78 is -1.67. The van der Waals surface area contributed by atoms with Crippen molar-refractivity contribution < 1.29 is 19.5 Å². The quantitative estimate of drug-likeness (QED) is 0.478. The van der Waals surface area contributed by atoms with E-state index in [0.717, 1.165) is 22.5 Å². The van der Waals surface area contributed by atoms with Gasteiger partial charge in [0.2, 0.25) is 11.8 Å². The summed E-state index contributed by atoms with van der Waals surface area (Å²) in [5, 5.41) is 10.7. The van der Waals surface area contributed by atoms with E-state index < -0.39 is 33.4 Å². The Kier molecular flexibility index (Phi) is 7.58. The summed E-state index contributed by atoms with van der Waals surface area (Å²) in [7, 11) is 0. The Morgan fingerprint density at radius 3 is 2.30 bits per heavy atom. The molecule has 2 aromatic carbocycles. The number of thioether (sulfide) groups is 1. The number of nitrogens with zero attached hydrogens (tertiary/aromatic N) is 3. The van der Waals surface area contributed by atoms with Crippen molar-refractivity contribution in [1.29, 1.82) is 0 Å². The highest BCUT2D eigenvalue weighted by molar-refractivity contribution is 8.02. The second-order valence-electron chi connectivity index (χ2n) is 13.0. The standard InChI is InChI=1S/C35H41N3O4S/c1-22(2)19-26(21-39)38-30-33(42)37(27-20-23(3)13-14-24(27)4)18-10-16-35(30)29(32(38)41)28-31(40)36(25-11-7-6-8-12-25)17-9-15-34(28,5)43-35/h6-16,20,22,26,28-30,39H,17-19,21H2,1-5H3/t26-,28-,29+,30?,34+,35+/m1/s1. The Bertz CT molecular complexity index is 1510. The predicted molar refractivity (Wildman–Crippen MR) is 172 cm³/mol. The molecule has 4 aliphatic rings. The zero-order chi connectivity index (χ0) is 30.7. The first-order chi connectivity index (χ1) is 20.5. The number of aliphatic hydroxyl groups excluding tert-OH is 1. The molecule has 3 amide bonds. The van der Waals surface area contributed by atoms with Gasteiger partial charge in [0.15, 0.2) is 0 Å². The predicted octanol–water partition coefficient (Wildman–Crippen LogP) is 4.90. The number of amides is 3. The summed E-state index contributed by atoms with van der Waals surface area (Å²) in [5.41, 5.74) is 3.63. The van der Waals surface area contributed by atoms with E-state index in [1.165, 1.54) is 0 Å². The second-order valence-corrected chi connectivity index (χ2v) is 14.8. The molecule has 0 saturated carbocycles. The van der Waals surface area contributed by atoms with Gasteiger partial charge in [0.05, 0.1) is 29.2 Å². The number of carbonyl (C=O) groups is 3. The highest BCUT2D eigenvalue weighted by Crippen LogP contribution is 2.66. The van der Waals surface area contributed by atoms with Crippen LogP contribution in [0.2, 0.25) is 0 Å². The van der Waals surface area contributed by atoms with E-state index in [0.29, 0.717) is 19.5 Å². The van der Waals surface area contributed by atoms with Crippen LogP contribution in [0.25, 0.3) is 0 Å². The van der Waals surface area contributed by atoms with Crippen LogP contribution < -0.4 is 9.80 Å². The lowest BCUT2D eigenvalue weighted by Crippen LogP contribution is -2.57. The fourth-order valence-corrected chi connectivity index (χ4v) is 9.89. The molecule has 6 rings (SSSR count).